The molecule has 0 spiro atoms. The monoisotopic (exact) mass is 911 g/mol. The minimum absolute atomic E-state index is 0.467. The van der Waals surface area contributed by atoms with E-state index in [-0.39, 0.29) is 0 Å². The Labute approximate surface area is 405 Å². The molecule has 0 bridgehead atoms. The van der Waals surface area contributed by atoms with Crippen LogP contribution in [0.1, 0.15) is 0 Å². The fourth-order valence-corrected chi connectivity index (χ4v) is 9.74. The SMILES string of the molecule is c1ccc(-c2nc(-c3ccccc3)nc(-n3c4ccccc4c4cc(-c5ccc6c(c5)c5ccc7nc(-c8ccccc8)oc7c5n6-c5nc(-c6ccccc6)nc(-c6ccccc6)n5)ccc43)n2)cc1. The summed E-state index contributed by atoms with van der Waals surface area (Å²) in [6.07, 6.45) is 0. The number of hydrogen-bond donors (Lipinski definition) is 0. The van der Waals surface area contributed by atoms with E-state index in [4.69, 9.17) is 39.3 Å². The highest BCUT2D eigenvalue weighted by Gasteiger charge is 2.24. The Morgan fingerprint density at radius 1 is 0.282 bits per heavy atom. The van der Waals surface area contributed by atoms with Crippen LogP contribution in [-0.2, 0) is 0 Å². The van der Waals surface area contributed by atoms with Gasteiger partial charge in [-0.3, -0.25) is 9.13 Å². The van der Waals surface area contributed by atoms with E-state index >= 15 is 0 Å². The highest BCUT2D eigenvalue weighted by Crippen LogP contribution is 2.41. The quantitative estimate of drug-likeness (QED) is 0.148. The summed E-state index contributed by atoms with van der Waals surface area (Å²) in [6, 6.07) is 76.0. The smallest absolute Gasteiger partial charge is 0.238 e. The Hall–Kier alpha value is -9.93. The van der Waals surface area contributed by atoms with Gasteiger partial charge in [-0.15, -0.1) is 0 Å². The van der Waals surface area contributed by atoms with Crippen molar-refractivity contribution in [3.8, 4) is 80.0 Å². The fraction of sp³-hybridized carbons (Fsp3) is 0. The van der Waals surface area contributed by atoms with Crippen LogP contribution in [0.2, 0.25) is 0 Å². The molecule has 0 aliphatic heterocycles. The standard InChI is InChI=1S/C61H37N9O/c1-6-18-38(19-7-1)55-63-56(39-20-8-2-9-21-39)66-60(65-55)69-50-29-17-16-28-45(50)47-36-43(30-34-51(47)69)44-31-35-52-48(37-44)46-32-33-49-54(71-59(62-49)42-26-14-5-15-27-42)53(46)70(52)61-67-57(40-22-10-3-11-23-40)64-58(68-61)41-24-12-4-13-25-41/h1-37H. The first-order chi connectivity index (χ1) is 35.2. The summed E-state index contributed by atoms with van der Waals surface area (Å²) in [5.41, 5.74) is 11.7. The molecular formula is C61H37N9O. The van der Waals surface area contributed by atoms with Gasteiger partial charge in [0.25, 0.3) is 0 Å². The van der Waals surface area contributed by atoms with E-state index in [9.17, 15) is 0 Å². The first kappa shape index (κ1) is 40.2. The first-order valence-corrected chi connectivity index (χ1v) is 23.4. The maximum absolute atomic E-state index is 6.78. The van der Waals surface area contributed by atoms with Crippen molar-refractivity contribution in [3.63, 3.8) is 0 Å². The van der Waals surface area contributed by atoms with Crippen LogP contribution < -0.4 is 0 Å². The van der Waals surface area contributed by atoms with Gasteiger partial charge in [0.2, 0.25) is 17.8 Å². The van der Waals surface area contributed by atoms with Gasteiger partial charge in [-0.2, -0.15) is 19.9 Å². The van der Waals surface area contributed by atoms with Gasteiger partial charge in [-0.1, -0.05) is 170 Å². The number of nitrogens with zero attached hydrogens (tertiary/aromatic N) is 9. The van der Waals surface area contributed by atoms with Crippen molar-refractivity contribution in [1.82, 2.24) is 44.0 Å². The molecule has 0 amide bonds. The Morgan fingerprint density at radius 2 is 0.690 bits per heavy atom. The molecule has 5 heterocycles. The van der Waals surface area contributed by atoms with Crippen LogP contribution in [0.5, 0.6) is 0 Å². The van der Waals surface area contributed by atoms with Crippen molar-refractivity contribution in [2.45, 2.75) is 0 Å². The van der Waals surface area contributed by atoms with Crippen molar-refractivity contribution in [2.75, 3.05) is 0 Å². The van der Waals surface area contributed by atoms with Gasteiger partial charge in [0, 0.05) is 49.4 Å². The molecular weight excluding hydrogens is 875 g/mol. The van der Waals surface area contributed by atoms with E-state index in [1.54, 1.807) is 0 Å². The second-order valence-electron chi connectivity index (χ2n) is 17.4. The molecule has 0 saturated heterocycles. The molecule has 0 radical (unpaired) electrons. The average Bonchev–Trinajstić information content (AvgIpc) is 4.14. The van der Waals surface area contributed by atoms with Gasteiger partial charge < -0.3 is 4.42 Å². The van der Waals surface area contributed by atoms with Crippen LogP contribution in [0.25, 0.3) is 135 Å². The lowest BCUT2D eigenvalue weighted by Gasteiger charge is -2.11. The molecule has 10 nitrogen and oxygen atoms in total. The summed E-state index contributed by atoms with van der Waals surface area (Å²) >= 11 is 0. The summed E-state index contributed by atoms with van der Waals surface area (Å²) in [6.45, 7) is 0. The van der Waals surface area contributed by atoms with Crippen molar-refractivity contribution in [1.29, 1.82) is 0 Å². The van der Waals surface area contributed by atoms with Gasteiger partial charge in [0.05, 0.1) is 16.6 Å². The van der Waals surface area contributed by atoms with Crippen molar-refractivity contribution in [2.24, 2.45) is 0 Å². The van der Waals surface area contributed by atoms with Gasteiger partial charge in [0.15, 0.2) is 28.9 Å². The normalized spacial score (nSPS) is 11.7. The lowest BCUT2D eigenvalue weighted by atomic mass is 10.0. The van der Waals surface area contributed by atoms with Crippen molar-refractivity contribution in [3.05, 3.63) is 224 Å². The summed E-state index contributed by atoms with van der Waals surface area (Å²) in [5.74, 6) is 3.88. The van der Waals surface area contributed by atoms with Crippen molar-refractivity contribution < 1.29 is 4.42 Å². The number of aromatic nitrogens is 9. The summed E-state index contributed by atoms with van der Waals surface area (Å²) in [4.78, 5) is 35.7. The molecule has 0 atom stereocenters. The number of fused-ring (bicyclic) bond motifs is 8. The molecule has 0 unspecified atom stereocenters. The Kier molecular flexibility index (Phi) is 9.27. The van der Waals surface area contributed by atoms with Crippen LogP contribution in [0.3, 0.4) is 0 Å². The van der Waals surface area contributed by atoms with E-state index in [1.807, 2.05) is 158 Å². The van der Waals surface area contributed by atoms with Crippen LogP contribution >= 0.6 is 0 Å². The Bertz CT molecular complexity index is 4210. The van der Waals surface area contributed by atoms with Gasteiger partial charge in [-0.05, 0) is 65.7 Å². The fourth-order valence-electron chi connectivity index (χ4n) is 9.74. The van der Waals surface area contributed by atoms with Crippen LogP contribution in [-0.4, -0.2) is 44.0 Å². The highest BCUT2D eigenvalue weighted by molar-refractivity contribution is 6.18. The van der Waals surface area contributed by atoms with Gasteiger partial charge in [-0.25, -0.2) is 15.0 Å². The lowest BCUT2D eigenvalue weighted by Crippen LogP contribution is -2.06. The van der Waals surface area contributed by atoms with Gasteiger partial charge >= 0.3 is 0 Å². The third-order valence-electron chi connectivity index (χ3n) is 13.1. The zero-order valence-corrected chi connectivity index (χ0v) is 37.8. The molecule has 9 aromatic carbocycles. The Balaban J connectivity index is 0.980. The minimum atomic E-state index is 0.467. The van der Waals surface area contributed by atoms with E-state index < -0.39 is 0 Å². The predicted octanol–water partition coefficient (Wildman–Crippen LogP) is 14.4. The molecule has 14 rings (SSSR count). The second kappa shape index (κ2) is 16.4. The predicted molar refractivity (Wildman–Crippen MR) is 282 cm³/mol. The molecule has 332 valence electrons. The number of rotatable bonds is 8. The largest absolute Gasteiger partial charge is 0.434 e. The zero-order valence-electron chi connectivity index (χ0n) is 37.8. The summed E-state index contributed by atoms with van der Waals surface area (Å²) < 4.78 is 11.0. The lowest BCUT2D eigenvalue weighted by molar-refractivity contribution is 0.621. The van der Waals surface area contributed by atoms with Crippen LogP contribution in [0.4, 0.5) is 0 Å². The zero-order chi connectivity index (χ0) is 46.8. The minimum Gasteiger partial charge on any atom is -0.434 e. The number of oxazole rings is 1. The topological polar surface area (TPSA) is 113 Å². The van der Waals surface area contributed by atoms with E-state index in [1.165, 1.54) is 0 Å². The number of benzene rings is 9. The number of para-hydroxylation sites is 1. The Morgan fingerprint density at radius 3 is 1.20 bits per heavy atom. The number of hydrogen-bond acceptors (Lipinski definition) is 8. The van der Waals surface area contributed by atoms with E-state index in [0.717, 1.165) is 88.1 Å². The molecule has 5 aromatic heterocycles. The average molecular weight is 912 g/mol. The van der Waals surface area contributed by atoms with E-state index in [2.05, 4.69) is 75.9 Å². The highest BCUT2D eigenvalue weighted by atomic mass is 16.3. The van der Waals surface area contributed by atoms with Crippen LogP contribution in [0.15, 0.2) is 229 Å². The molecule has 0 fully saturated rings. The first-order valence-electron chi connectivity index (χ1n) is 23.4. The third kappa shape index (κ3) is 6.84. The molecule has 10 heteroatoms. The molecule has 71 heavy (non-hydrogen) atoms. The molecule has 0 N–H and O–H groups in total. The molecule has 0 saturated carbocycles. The summed E-state index contributed by atoms with van der Waals surface area (Å²) in [7, 11) is 0. The molecule has 14 aromatic rings. The van der Waals surface area contributed by atoms with Crippen molar-refractivity contribution >= 4 is 54.7 Å². The molecule has 0 aliphatic carbocycles. The maximum Gasteiger partial charge on any atom is 0.238 e. The maximum atomic E-state index is 6.78. The molecule has 0 aliphatic rings. The van der Waals surface area contributed by atoms with Crippen LogP contribution in [0, 0.1) is 0 Å². The van der Waals surface area contributed by atoms with Gasteiger partial charge in [0.1, 0.15) is 11.0 Å². The third-order valence-corrected chi connectivity index (χ3v) is 13.1. The summed E-state index contributed by atoms with van der Waals surface area (Å²) in [5, 5.41) is 4.15. The van der Waals surface area contributed by atoms with E-state index in [0.29, 0.717) is 46.7 Å². The second-order valence-corrected chi connectivity index (χ2v) is 17.4.